The average Bonchev–Trinajstić information content (AvgIpc) is 2.93. The van der Waals surface area contributed by atoms with Crippen LogP contribution in [0, 0.1) is 0 Å². The first-order chi connectivity index (χ1) is 13.4. The fraction of sp³-hybridized carbons (Fsp3) is 0.789. The fourth-order valence-corrected chi connectivity index (χ4v) is 3.23. The first kappa shape index (κ1) is 22.7. The van der Waals surface area contributed by atoms with Gasteiger partial charge in [0.1, 0.15) is 12.3 Å². The van der Waals surface area contributed by atoms with E-state index in [-0.39, 0.29) is 13.2 Å². The summed E-state index contributed by atoms with van der Waals surface area (Å²) in [6.07, 6.45) is -1.77. The minimum absolute atomic E-state index is 0.198. The van der Waals surface area contributed by atoms with Gasteiger partial charge in [-0.25, -0.2) is 13.6 Å². The highest BCUT2D eigenvalue weighted by molar-refractivity contribution is 5.06. The lowest BCUT2D eigenvalue weighted by molar-refractivity contribution is -0.181. The van der Waals surface area contributed by atoms with Gasteiger partial charge in [-0.3, -0.25) is 14.3 Å². The molecule has 1 fully saturated rings. The van der Waals surface area contributed by atoms with Crippen molar-refractivity contribution in [1.82, 2.24) is 9.55 Å². The largest absolute Gasteiger partial charge is 0.378 e. The monoisotopic (exact) mass is 404 g/mol. The van der Waals surface area contributed by atoms with Gasteiger partial charge < -0.3 is 14.2 Å². The predicted octanol–water partition coefficient (Wildman–Crippen LogP) is 2.50. The highest BCUT2D eigenvalue weighted by Crippen LogP contribution is 2.43. The number of unbranched alkanes of at least 4 members (excludes halogenated alkanes) is 2. The molecule has 2 heterocycles. The Morgan fingerprint density at radius 3 is 2.57 bits per heavy atom. The summed E-state index contributed by atoms with van der Waals surface area (Å²) in [7, 11) is 0. The summed E-state index contributed by atoms with van der Waals surface area (Å²) in [5.74, 6) is 0. The number of halogens is 2. The number of nitrogens with one attached hydrogen (secondary N) is 1. The lowest BCUT2D eigenvalue weighted by atomic mass is 9.91. The van der Waals surface area contributed by atoms with Crippen LogP contribution in [0.5, 0.6) is 0 Å². The molecule has 1 N–H and O–H groups in total. The van der Waals surface area contributed by atoms with Crippen molar-refractivity contribution >= 4 is 0 Å². The van der Waals surface area contributed by atoms with E-state index in [0.29, 0.717) is 13.0 Å². The Balaban J connectivity index is 2.35. The molecule has 0 spiro atoms. The molecule has 160 valence electrons. The zero-order valence-electron chi connectivity index (χ0n) is 16.7. The van der Waals surface area contributed by atoms with Crippen LogP contribution in [0.15, 0.2) is 21.9 Å². The van der Waals surface area contributed by atoms with Gasteiger partial charge in [-0.1, -0.05) is 26.7 Å². The van der Waals surface area contributed by atoms with E-state index < -0.39 is 41.5 Å². The van der Waals surface area contributed by atoms with Crippen molar-refractivity contribution in [3.05, 3.63) is 33.1 Å². The summed E-state index contributed by atoms with van der Waals surface area (Å²) in [6, 6.07) is 1.08. The highest BCUT2D eigenvalue weighted by Gasteiger charge is 2.61. The summed E-state index contributed by atoms with van der Waals surface area (Å²) in [6.45, 7) is 5.65. The molecule has 0 aromatic carbocycles. The summed E-state index contributed by atoms with van der Waals surface area (Å²) < 4.78 is 48.1. The maximum Gasteiger partial charge on any atom is 0.330 e. The number of alkyl halides is 2. The van der Waals surface area contributed by atoms with Gasteiger partial charge in [0.25, 0.3) is 5.56 Å². The van der Waals surface area contributed by atoms with Crippen LogP contribution in [0.1, 0.15) is 52.7 Å². The van der Waals surface area contributed by atoms with Crippen molar-refractivity contribution in [3.63, 3.8) is 0 Å². The van der Waals surface area contributed by atoms with E-state index in [4.69, 9.17) is 14.2 Å². The third kappa shape index (κ3) is 4.87. The summed E-state index contributed by atoms with van der Waals surface area (Å²) in [5.41, 5.74) is -3.14. The first-order valence-corrected chi connectivity index (χ1v) is 9.84. The summed E-state index contributed by atoms with van der Waals surface area (Å²) in [4.78, 5) is 25.5. The van der Waals surface area contributed by atoms with Crippen LogP contribution in [-0.2, 0) is 14.2 Å². The van der Waals surface area contributed by atoms with Crippen LogP contribution in [0.3, 0.4) is 0 Å². The van der Waals surface area contributed by atoms with Crippen molar-refractivity contribution in [2.75, 3.05) is 19.8 Å². The summed E-state index contributed by atoms with van der Waals surface area (Å²) >= 11 is 0. The topological polar surface area (TPSA) is 82.5 Å². The molecule has 5 atom stereocenters. The molecule has 0 amide bonds. The van der Waals surface area contributed by atoms with Crippen molar-refractivity contribution in [1.29, 1.82) is 0 Å². The fourth-order valence-electron chi connectivity index (χ4n) is 3.23. The molecule has 7 nitrogen and oxygen atoms in total. The number of ether oxygens (including phenoxy) is 3. The molecular formula is C19H30F2N2O5. The minimum Gasteiger partial charge on any atom is -0.378 e. The van der Waals surface area contributed by atoms with Crippen LogP contribution >= 0.6 is 0 Å². The maximum atomic E-state index is 15.4. The van der Waals surface area contributed by atoms with Crippen LogP contribution in [0.2, 0.25) is 0 Å². The quantitative estimate of drug-likeness (QED) is 0.573. The molecule has 1 aromatic heterocycles. The van der Waals surface area contributed by atoms with Crippen molar-refractivity contribution < 1.29 is 23.0 Å². The second-order valence-electron chi connectivity index (χ2n) is 7.09. The lowest BCUT2D eigenvalue weighted by Crippen LogP contribution is -2.54. The minimum atomic E-state index is -1.81. The van der Waals surface area contributed by atoms with E-state index in [1.165, 1.54) is 6.92 Å². The molecule has 0 aliphatic carbocycles. The summed E-state index contributed by atoms with van der Waals surface area (Å²) in [5, 5.41) is 0. The van der Waals surface area contributed by atoms with E-state index in [0.717, 1.165) is 36.1 Å². The van der Waals surface area contributed by atoms with Crippen LogP contribution in [-0.4, -0.2) is 53.4 Å². The number of nitrogens with zero attached hydrogens (tertiary/aromatic N) is 1. The van der Waals surface area contributed by atoms with Crippen LogP contribution in [0.25, 0.3) is 0 Å². The first-order valence-electron chi connectivity index (χ1n) is 9.84. The Labute approximate surface area is 163 Å². The second kappa shape index (κ2) is 10.3. The number of H-pyrrole nitrogens is 1. The Morgan fingerprint density at radius 1 is 1.29 bits per heavy atom. The number of rotatable bonds is 11. The van der Waals surface area contributed by atoms with Gasteiger partial charge in [-0.2, -0.15) is 0 Å². The lowest BCUT2D eigenvalue weighted by Gasteiger charge is -2.35. The molecule has 9 heteroatoms. The van der Waals surface area contributed by atoms with E-state index in [2.05, 4.69) is 4.98 Å². The Bertz CT molecular complexity index is 723. The van der Waals surface area contributed by atoms with Gasteiger partial charge in [0, 0.05) is 25.5 Å². The smallest absolute Gasteiger partial charge is 0.330 e. The third-order valence-corrected chi connectivity index (χ3v) is 4.95. The van der Waals surface area contributed by atoms with E-state index in [1.807, 2.05) is 13.8 Å². The standard InChI is InChI=1S/C19H30F2N2O5/c1-4-6-10-26-12-19(13(3)20)16(27-11-7-5-2)15(21)17(28-19)23-9-8-14(24)22-18(23)25/h8-9,13,15-17H,4-7,10-12H2,1-3H3,(H,22,24,25)/t13-,15-,16+,17-,19+/m1/s1. The molecule has 0 unspecified atom stereocenters. The zero-order valence-corrected chi connectivity index (χ0v) is 16.7. The van der Waals surface area contributed by atoms with Crippen molar-refractivity contribution in [2.45, 2.75) is 76.7 Å². The molecular weight excluding hydrogens is 374 g/mol. The number of hydrogen-bond donors (Lipinski definition) is 1. The number of aromatic amines is 1. The van der Waals surface area contributed by atoms with Crippen LogP contribution in [0.4, 0.5) is 8.78 Å². The van der Waals surface area contributed by atoms with Gasteiger partial charge in [0.2, 0.25) is 0 Å². The molecule has 1 aromatic rings. The SMILES string of the molecule is CCCCOC[C@@]1([C@@H](C)F)O[C@@H](n2ccc(=O)[nH]c2=O)[C@H](F)[C@@H]1OCCCC. The molecule has 1 aliphatic heterocycles. The Hall–Kier alpha value is -1.58. The van der Waals surface area contributed by atoms with E-state index in [1.54, 1.807) is 0 Å². The zero-order chi connectivity index (χ0) is 20.7. The predicted molar refractivity (Wildman–Crippen MR) is 100 cm³/mol. The van der Waals surface area contributed by atoms with Gasteiger partial charge in [0.15, 0.2) is 18.0 Å². The molecule has 0 bridgehead atoms. The number of aromatic nitrogens is 2. The van der Waals surface area contributed by atoms with E-state index in [9.17, 15) is 14.0 Å². The molecule has 0 saturated carbocycles. The Morgan fingerprint density at radius 2 is 1.96 bits per heavy atom. The Kier molecular flexibility index (Phi) is 8.33. The average molecular weight is 404 g/mol. The van der Waals surface area contributed by atoms with Gasteiger partial charge in [-0.05, 0) is 19.8 Å². The molecule has 2 rings (SSSR count). The van der Waals surface area contributed by atoms with Gasteiger partial charge in [0.05, 0.1) is 6.61 Å². The highest BCUT2D eigenvalue weighted by atomic mass is 19.1. The number of hydrogen-bond acceptors (Lipinski definition) is 5. The van der Waals surface area contributed by atoms with E-state index >= 15 is 4.39 Å². The maximum absolute atomic E-state index is 15.4. The molecule has 28 heavy (non-hydrogen) atoms. The van der Waals surface area contributed by atoms with Crippen molar-refractivity contribution in [3.8, 4) is 0 Å². The molecule has 1 aliphatic rings. The third-order valence-electron chi connectivity index (χ3n) is 4.95. The van der Waals surface area contributed by atoms with Crippen molar-refractivity contribution in [2.24, 2.45) is 0 Å². The van der Waals surface area contributed by atoms with Crippen LogP contribution < -0.4 is 11.2 Å². The molecule has 0 radical (unpaired) electrons. The molecule has 1 saturated heterocycles. The van der Waals surface area contributed by atoms with Gasteiger partial charge >= 0.3 is 5.69 Å². The second-order valence-corrected chi connectivity index (χ2v) is 7.09. The normalized spacial score (nSPS) is 28.5. The van der Waals surface area contributed by atoms with Gasteiger partial charge in [-0.15, -0.1) is 0 Å².